The molecule has 1 N–H and O–H groups in total. The summed E-state index contributed by atoms with van der Waals surface area (Å²) in [4.78, 5) is 15.4. The van der Waals surface area contributed by atoms with Gasteiger partial charge in [-0.3, -0.25) is 15.1 Å². The van der Waals surface area contributed by atoms with Gasteiger partial charge in [-0.2, -0.15) is 0 Å². The highest BCUT2D eigenvalue weighted by Crippen LogP contribution is 2.49. The highest BCUT2D eigenvalue weighted by atomic mass is 16.6. The minimum absolute atomic E-state index is 0.0621. The Morgan fingerprint density at radius 1 is 0.905 bits per heavy atom. The maximum atomic E-state index is 11.0. The van der Waals surface area contributed by atoms with Gasteiger partial charge < -0.3 is 10.1 Å². The lowest BCUT2D eigenvalue weighted by Crippen LogP contribution is -2.28. The number of hydrogen-bond donors (Lipinski definition) is 1. The molecule has 1 heterocycles. The van der Waals surface area contributed by atoms with Crippen molar-refractivity contribution in [1.29, 1.82) is 0 Å². The van der Waals surface area contributed by atoms with E-state index in [0.717, 1.165) is 34.0 Å². The molecule has 6 heteroatoms. The number of para-hydroxylation sites is 1. The van der Waals surface area contributed by atoms with Crippen molar-refractivity contribution in [2.75, 3.05) is 5.32 Å². The molecule has 0 unspecified atom stereocenters. The lowest BCUT2D eigenvalue weighted by Gasteiger charge is -2.37. The number of nitrogens with one attached hydrogen (secondary N) is 1. The lowest BCUT2D eigenvalue weighted by atomic mass is 9.77. The second kappa shape index (κ2) is 11.0. The van der Waals surface area contributed by atoms with Crippen molar-refractivity contribution in [2.24, 2.45) is 10.9 Å². The number of allylic oxidation sites excluding steroid dienone is 2. The summed E-state index contributed by atoms with van der Waals surface area (Å²) in [5.74, 6) is 1.65. The van der Waals surface area contributed by atoms with Crippen LogP contribution in [0.2, 0.25) is 0 Å². The number of ether oxygens (including phenoxy) is 1. The van der Waals surface area contributed by atoms with Crippen molar-refractivity contribution in [3.8, 4) is 5.75 Å². The van der Waals surface area contributed by atoms with Gasteiger partial charge in [-0.25, -0.2) is 0 Å². The molecule has 0 bridgehead atoms. The van der Waals surface area contributed by atoms with Crippen LogP contribution in [0.3, 0.4) is 0 Å². The van der Waals surface area contributed by atoms with E-state index in [-0.39, 0.29) is 11.7 Å². The molecule has 5 aromatic rings. The van der Waals surface area contributed by atoms with Crippen LogP contribution in [0.4, 0.5) is 17.1 Å². The second-order valence-corrected chi connectivity index (χ2v) is 10.8. The van der Waals surface area contributed by atoms with Gasteiger partial charge in [0, 0.05) is 35.5 Å². The largest absolute Gasteiger partial charge is 0.488 e. The first-order chi connectivity index (χ1) is 20.6. The Hall–Kier alpha value is -5.23. The molecule has 1 aliphatic carbocycles. The third-order valence-electron chi connectivity index (χ3n) is 8.34. The van der Waals surface area contributed by atoms with Crippen molar-refractivity contribution in [2.45, 2.75) is 25.0 Å². The first-order valence-electron chi connectivity index (χ1n) is 14.2. The zero-order chi connectivity index (χ0) is 28.5. The van der Waals surface area contributed by atoms with Gasteiger partial charge in [-0.15, -0.1) is 0 Å². The van der Waals surface area contributed by atoms with Crippen LogP contribution in [-0.4, -0.2) is 11.1 Å². The van der Waals surface area contributed by atoms with Gasteiger partial charge in [0.15, 0.2) is 0 Å². The van der Waals surface area contributed by atoms with Crippen LogP contribution >= 0.6 is 0 Å². The van der Waals surface area contributed by atoms with Gasteiger partial charge in [0.25, 0.3) is 5.69 Å². The molecule has 2 aliphatic rings. The van der Waals surface area contributed by atoms with Gasteiger partial charge in [-0.1, -0.05) is 72.8 Å². The molecular weight excluding hydrogens is 522 g/mol. The van der Waals surface area contributed by atoms with Gasteiger partial charge in [-0.05, 0) is 76.2 Å². The molecule has 0 saturated heterocycles. The van der Waals surface area contributed by atoms with Crippen LogP contribution in [0.25, 0.3) is 10.8 Å². The van der Waals surface area contributed by atoms with Crippen LogP contribution in [-0.2, 0) is 6.61 Å². The van der Waals surface area contributed by atoms with E-state index in [1.807, 2.05) is 30.5 Å². The Balaban J connectivity index is 1.13. The minimum atomic E-state index is -0.400. The van der Waals surface area contributed by atoms with E-state index in [0.29, 0.717) is 24.2 Å². The Morgan fingerprint density at radius 3 is 2.52 bits per heavy atom. The summed E-state index contributed by atoms with van der Waals surface area (Å²) in [6, 6.07) is 36.0. The van der Waals surface area contributed by atoms with E-state index < -0.39 is 4.92 Å². The summed E-state index contributed by atoms with van der Waals surface area (Å²) in [6.45, 7) is 0.292. The van der Waals surface area contributed by atoms with E-state index in [1.54, 1.807) is 12.1 Å². The van der Waals surface area contributed by atoms with E-state index in [2.05, 4.69) is 78.1 Å². The molecule has 7 rings (SSSR count). The van der Waals surface area contributed by atoms with E-state index >= 15 is 0 Å². The summed E-state index contributed by atoms with van der Waals surface area (Å²) in [5.41, 5.74) is 6.54. The van der Waals surface area contributed by atoms with E-state index in [1.165, 1.54) is 28.9 Å². The molecule has 0 radical (unpaired) electrons. The third-order valence-corrected chi connectivity index (χ3v) is 8.34. The van der Waals surface area contributed by atoms with Gasteiger partial charge in [0.1, 0.15) is 12.4 Å². The molecule has 42 heavy (non-hydrogen) atoms. The Labute approximate surface area is 244 Å². The number of aliphatic imine (C=N–C) groups is 1. The second-order valence-electron chi connectivity index (χ2n) is 10.8. The highest BCUT2D eigenvalue weighted by molar-refractivity contribution is 6.03. The lowest BCUT2D eigenvalue weighted by molar-refractivity contribution is -0.384. The molecule has 206 valence electrons. The van der Waals surface area contributed by atoms with Crippen LogP contribution in [0, 0.1) is 16.0 Å². The zero-order valence-electron chi connectivity index (χ0n) is 22.9. The van der Waals surface area contributed by atoms with Crippen molar-refractivity contribution in [3.05, 3.63) is 154 Å². The maximum absolute atomic E-state index is 11.0. The number of nitro groups is 1. The summed E-state index contributed by atoms with van der Waals surface area (Å²) in [6.07, 6.45) is 7.62. The number of anilines is 1. The van der Waals surface area contributed by atoms with Crippen LogP contribution in [0.1, 0.15) is 40.6 Å². The number of fused-ring (bicyclic) bond motifs is 4. The van der Waals surface area contributed by atoms with Crippen molar-refractivity contribution in [1.82, 2.24) is 0 Å². The summed E-state index contributed by atoms with van der Waals surface area (Å²) >= 11 is 0. The van der Waals surface area contributed by atoms with Crippen LogP contribution in [0.5, 0.6) is 5.75 Å². The molecule has 0 fully saturated rings. The number of nitro benzene ring substituents is 1. The summed E-state index contributed by atoms with van der Waals surface area (Å²) < 4.78 is 6.21. The molecule has 0 aromatic heterocycles. The smallest absolute Gasteiger partial charge is 0.269 e. The van der Waals surface area contributed by atoms with E-state index in [4.69, 9.17) is 9.73 Å². The predicted octanol–water partition coefficient (Wildman–Crippen LogP) is 8.90. The standard InChI is InChI=1S/C36H29N3O3/c40-39(41)28-19-12-24(13-20-28)23-42-35-21-16-25-6-1-2-7-29(25)33(35)22-37-27-17-14-26(15-18-27)36-32-10-5-9-30(32)31-8-3-4-11-34(31)38-36/h1-9,11-22,30,32,36,38H,10,23H2/t30-,32+,36+/m1/s1. The Morgan fingerprint density at radius 2 is 1.69 bits per heavy atom. The first-order valence-corrected chi connectivity index (χ1v) is 14.2. The molecule has 6 nitrogen and oxygen atoms in total. The number of non-ortho nitro benzene ring substituents is 1. The zero-order valence-corrected chi connectivity index (χ0v) is 22.9. The van der Waals surface area contributed by atoms with Crippen molar-refractivity contribution in [3.63, 3.8) is 0 Å². The molecule has 0 amide bonds. The van der Waals surface area contributed by atoms with Gasteiger partial charge in [0.2, 0.25) is 0 Å². The number of benzene rings is 5. The average molecular weight is 552 g/mol. The summed E-state index contributed by atoms with van der Waals surface area (Å²) in [7, 11) is 0. The van der Waals surface area contributed by atoms with Crippen LogP contribution < -0.4 is 10.1 Å². The molecular formula is C36H29N3O3. The number of hydrogen-bond acceptors (Lipinski definition) is 5. The SMILES string of the molecule is O=[N+]([O-])c1ccc(COc2ccc3ccccc3c2C=Nc2ccc([C@@H]3Nc4ccccc4[C@H]4C=CC[C@@H]43)cc2)cc1. The van der Waals surface area contributed by atoms with Gasteiger partial charge in [0.05, 0.1) is 16.7 Å². The normalized spacial score (nSPS) is 18.9. The first kappa shape index (κ1) is 25.7. The average Bonchev–Trinajstić information content (AvgIpc) is 3.54. The minimum Gasteiger partial charge on any atom is -0.488 e. The fourth-order valence-corrected chi connectivity index (χ4v) is 6.19. The summed E-state index contributed by atoms with van der Waals surface area (Å²) in [5, 5.41) is 16.9. The highest BCUT2D eigenvalue weighted by Gasteiger charge is 2.37. The van der Waals surface area contributed by atoms with Crippen LogP contribution in [0.15, 0.2) is 126 Å². The predicted molar refractivity (Wildman–Crippen MR) is 168 cm³/mol. The number of nitrogens with zero attached hydrogens (tertiary/aromatic N) is 2. The van der Waals surface area contributed by atoms with Gasteiger partial charge >= 0.3 is 0 Å². The molecule has 5 aromatic carbocycles. The third kappa shape index (κ3) is 4.92. The van der Waals surface area contributed by atoms with Crippen molar-refractivity contribution < 1.29 is 9.66 Å². The number of rotatable bonds is 7. The quantitative estimate of drug-likeness (QED) is 0.0948. The van der Waals surface area contributed by atoms with Crippen molar-refractivity contribution >= 4 is 34.0 Å². The monoisotopic (exact) mass is 551 g/mol. The fraction of sp³-hybridized carbons (Fsp3) is 0.139. The Bertz CT molecular complexity index is 1830. The molecule has 0 saturated carbocycles. The molecule has 1 aliphatic heterocycles. The maximum Gasteiger partial charge on any atom is 0.269 e. The topological polar surface area (TPSA) is 76.8 Å². The fourth-order valence-electron chi connectivity index (χ4n) is 6.19. The Kier molecular flexibility index (Phi) is 6.72. The van der Waals surface area contributed by atoms with E-state index in [9.17, 15) is 10.1 Å². The molecule has 0 spiro atoms. The molecule has 3 atom stereocenters.